The average Bonchev–Trinajstić information content (AvgIpc) is 2.48. The van der Waals surface area contributed by atoms with Gasteiger partial charge in [-0.15, -0.1) is 0 Å². The summed E-state index contributed by atoms with van der Waals surface area (Å²) in [6.07, 6.45) is -4.75. The van der Waals surface area contributed by atoms with E-state index < -0.39 is 34.1 Å². The van der Waals surface area contributed by atoms with E-state index in [2.05, 4.69) is 5.32 Å². The molecule has 2 rings (SSSR count). The molecular formula is C13H13F3N4O3. The first-order valence-electron chi connectivity index (χ1n) is 6.68. The summed E-state index contributed by atoms with van der Waals surface area (Å²) >= 11 is 0. The zero-order chi connectivity index (χ0) is 17.2. The number of phenolic OH excluding ortho intramolecular Hbond substituents is 1. The average molecular weight is 330 g/mol. The van der Waals surface area contributed by atoms with E-state index in [0.29, 0.717) is 13.1 Å². The second-order valence-corrected chi connectivity index (χ2v) is 5.03. The van der Waals surface area contributed by atoms with Crippen LogP contribution in [0.3, 0.4) is 0 Å². The topological polar surface area (TPSA) is 102 Å². The Bertz CT molecular complexity index is 651. The van der Waals surface area contributed by atoms with Crippen LogP contribution in [0.2, 0.25) is 0 Å². The summed E-state index contributed by atoms with van der Waals surface area (Å²) in [4.78, 5) is 11.0. The number of aromatic hydroxyl groups is 1. The molecule has 1 atom stereocenters. The molecule has 1 fully saturated rings. The molecule has 2 N–H and O–H groups in total. The smallest absolute Gasteiger partial charge is 0.408 e. The van der Waals surface area contributed by atoms with Gasteiger partial charge in [-0.3, -0.25) is 15.0 Å². The van der Waals surface area contributed by atoms with Crippen molar-refractivity contribution in [2.24, 2.45) is 0 Å². The second kappa shape index (κ2) is 6.39. The molecule has 1 aliphatic rings. The lowest BCUT2D eigenvalue weighted by Crippen LogP contribution is -2.49. The Labute approximate surface area is 129 Å². The van der Waals surface area contributed by atoms with Gasteiger partial charge in [0.05, 0.1) is 16.6 Å². The predicted molar refractivity (Wildman–Crippen MR) is 72.7 cm³/mol. The quantitative estimate of drug-likeness (QED) is 0.646. The second-order valence-electron chi connectivity index (χ2n) is 5.03. The monoisotopic (exact) mass is 330 g/mol. The molecule has 0 radical (unpaired) electrons. The lowest BCUT2D eigenvalue weighted by Gasteiger charge is -2.36. The van der Waals surface area contributed by atoms with Crippen LogP contribution in [0.15, 0.2) is 12.1 Å². The zero-order valence-electron chi connectivity index (χ0n) is 11.8. The van der Waals surface area contributed by atoms with Crippen molar-refractivity contribution in [3.8, 4) is 11.8 Å². The molecule has 1 heterocycles. The first-order chi connectivity index (χ1) is 10.8. The summed E-state index contributed by atoms with van der Waals surface area (Å²) in [5, 5.41) is 32.7. The number of halogens is 3. The highest BCUT2D eigenvalue weighted by molar-refractivity contribution is 5.57. The van der Waals surface area contributed by atoms with Crippen molar-refractivity contribution in [1.29, 1.82) is 5.26 Å². The number of nitrogens with zero attached hydrogens (tertiary/aromatic N) is 3. The van der Waals surface area contributed by atoms with Crippen molar-refractivity contribution in [2.45, 2.75) is 12.2 Å². The fraction of sp³-hybridized carbons (Fsp3) is 0.462. The standard InChI is InChI=1S/C13H13F3N4O3/c14-13(15,16)12(19-3-1-18-2-4-19)9-5-8(7-17)6-10(11(9)21)20(22)23/h5-6,12,18,21H,1-4H2/t12-/m1/s1. The van der Waals surface area contributed by atoms with Gasteiger partial charge in [-0.05, 0) is 6.07 Å². The van der Waals surface area contributed by atoms with Crippen molar-refractivity contribution < 1.29 is 23.2 Å². The highest BCUT2D eigenvalue weighted by Crippen LogP contribution is 2.44. The Morgan fingerprint density at radius 2 is 2.00 bits per heavy atom. The van der Waals surface area contributed by atoms with Crippen LogP contribution in [0.25, 0.3) is 0 Å². The number of nitriles is 1. The van der Waals surface area contributed by atoms with Gasteiger partial charge in [0.1, 0.15) is 6.04 Å². The highest BCUT2D eigenvalue weighted by Gasteiger charge is 2.47. The summed E-state index contributed by atoms with van der Waals surface area (Å²) in [5.41, 5.74) is -1.90. The van der Waals surface area contributed by atoms with Crippen LogP contribution in [0.1, 0.15) is 17.2 Å². The Balaban J connectivity index is 2.60. The summed E-state index contributed by atoms with van der Waals surface area (Å²) in [7, 11) is 0. The number of nitro benzene ring substituents is 1. The molecule has 124 valence electrons. The van der Waals surface area contributed by atoms with Crippen LogP contribution in [0.4, 0.5) is 18.9 Å². The maximum absolute atomic E-state index is 13.5. The van der Waals surface area contributed by atoms with Gasteiger partial charge < -0.3 is 10.4 Å². The minimum absolute atomic E-state index is 0.0637. The number of piperazine rings is 1. The largest absolute Gasteiger partial charge is 0.502 e. The van der Waals surface area contributed by atoms with E-state index >= 15 is 0 Å². The third-order valence-corrected chi connectivity index (χ3v) is 3.57. The molecule has 1 aliphatic heterocycles. The van der Waals surface area contributed by atoms with Gasteiger partial charge in [-0.1, -0.05) is 0 Å². The Kier molecular flexibility index (Phi) is 4.72. The van der Waals surface area contributed by atoms with Crippen LogP contribution in [-0.4, -0.2) is 47.3 Å². The number of hydrogen-bond acceptors (Lipinski definition) is 6. The van der Waals surface area contributed by atoms with Crippen molar-refractivity contribution in [2.75, 3.05) is 26.2 Å². The summed E-state index contributed by atoms with van der Waals surface area (Å²) in [6.45, 7) is 0.781. The number of alkyl halides is 3. The molecule has 7 nitrogen and oxygen atoms in total. The Morgan fingerprint density at radius 1 is 1.39 bits per heavy atom. The minimum Gasteiger partial charge on any atom is -0.502 e. The molecule has 0 bridgehead atoms. The van der Waals surface area contributed by atoms with E-state index in [4.69, 9.17) is 5.26 Å². The number of benzene rings is 1. The van der Waals surface area contributed by atoms with E-state index in [1.165, 1.54) is 0 Å². The summed E-state index contributed by atoms with van der Waals surface area (Å²) < 4.78 is 40.5. The maximum Gasteiger partial charge on any atom is 0.408 e. The molecule has 0 unspecified atom stereocenters. The molecule has 0 saturated carbocycles. The first-order valence-corrected chi connectivity index (χ1v) is 6.68. The maximum atomic E-state index is 13.5. The van der Waals surface area contributed by atoms with Gasteiger partial charge in [0, 0.05) is 37.8 Å². The van der Waals surface area contributed by atoms with Crippen LogP contribution >= 0.6 is 0 Å². The van der Waals surface area contributed by atoms with Crippen LogP contribution in [-0.2, 0) is 0 Å². The molecule has 1 aromatic carbocycles. The lowest BCUT2D eigenvalue weighted by atomic mass is 9.99. The summed E-state index contributed by atoms with van der Waals surface area (Å²) in [6, 6.07) is 0.978. The van der Waals surface area contributed by atoms with Gasteiger partial charge in [-0.2, -0.15) is 18.4 Å². The molecular weight excluding hydrogens is 317 g/mol. The number of rotatable bonds is 3. The van der Waals surface area contributed by atoms with Crippen molar-refractivity contribution in [3.05, 3.63) is 33.4 Å². The normalized spacial score (nSPS) is 17.5. The fourth-order valence-corrected chi connectivity index (χ4v) is 2.57. The van der Waals surface area contributed by atoms with E-state index in [1.807, 2.05) is 0 Å². The van der Waals surface area contributed by atoms with Gasteiger partial charge in [0.2, 0.25) is 0 Å². The minimum atomic E-state index is -4.75. The molecule has 10 heteroatoms. The van der Waals surface area contributed by atoms with E-state index in [1.54, 1.807) is 6.07 Å². The fourth-order valence-electron chi connectivity index (χ4n) is 2.57. The SMILES string of the molecule is N#Cc1cc([C@@H](N2CCNCC2)C(F)(F)F)c(O)c([N+](=O)[O-])c1. The summed E-state index contributed by atoms with van der Waals surface area (Å²) in [5.74, 6) is -1.06. The Morgan fingerprint density at radius 3 is 2.48 bits per heavy atom. The van der Waals surface area contributed by atoms with E-state index in [-0.39, 0.29) is 18.7 Å². The molecule has 1 aromatic rings. The van der Waals surface area contributed by atoms with Crippen molar-refractivity contribution >= 4 is 5.69 Å². The number of nitrogens with one attached hydrogen (secondary N) is 1. The van der Waals surface area contributed by atoms with Crippen LogP contribution in [0.5, 0.6) is 5.75 Å². The highest BCUT2D eigenvalue weighted by atomic mass is 19.4. The lowest BCUT2D eigenvalue weighted by molar-refractivity contribution is -0.386. The molecule has 0 aliphatic carbocycles. The van der Waals surface area contributed by atoms with E-state index in [0.717, 1.165) is 17.0 Å². The number of hydrogen-bond donors (Lipinski definition) is 2. The zero-order valence-corrected chi connectivity index (χ0v) is 11.8. The van der Waals surface area contributed by atoms with Crippen LogP contribution < -0.4 is 5.32 Å². The van der Waals surface area contributed by atoms with Crippen LogP contribution in [0, 0.1) is 21.4 Å². The van der Waals surface area contributed by atoms with Gasteiger partial charge in [0.25, 0.3) is 0 Å². The predicted octanol–water partition coefficient (Wildman–Crippen LogP) is 1.68. The Hall–Kier alpha value is -2.38. The van der Waals surface area contributed by atoms with Gasteiger partial charge in [-0.25, -0.2) is 0 Å². The number of phenols is 1. The van der Waals surface area contributed by atoms with Crippen molar-refractivity contribution in [1.82, 2.24) is 10.2 Å². The van der Waals surface area contributed by atoms with E-state index in [9.17, 15) is 28.4 Å². The van der Waals surface area contributed by atoms with Gasteiger partial charge >= 0.3 is 11.9 Å². The molecule has 0 spiro atoms. The third kappa shape index (κ3) is 3.52. The third-order valence-electron chi connectivity index (χ3n) is 3.57. The first kappa shape index (κ1) is 17.0. The molecule has 1 saturated heterocycles. The number of nitro groups is 1. The van der Waals surface area contributed by atoms with Gasteiger partial charge in [0.15, 0.2) is 5.75 Å². The molecule has 23 heavy (non-hydrogen) atoms. The van der Waals surface area contributed by atoms with Crippen molar-refractivity contribution in [3.63, 3.8) is 0 Å². The molecule has 0 amide bonds. The molecule has 0 aromatic heterocycles.